The SMILES string of the molecule is CC1=Cc2cc(C(C)(C)C)cc(-c3ccc(C(C)(C)C)cc3)c2C1. The van der Waals surface area contributed by atoms with Crippen LogP contribution in [0, 0.1) is 0 Å². The Labute approximate surface area is 147 Å². The molecule has 0 aromatic heterocycles. The first kappa shape index (κ1) is 17.0. The summed E-state index contributed by atoms with van der Waals surface area (Å²) in [5, 5.41) is 0. The van der Waals surface area contributed by atoms with Crippen LogP contribution in [0.25, 0.3) is 17.2 Å². The number of allylic oxidation sites excluding steroid dienone is 1. The highest BCUT2D eigenvalue weighted by Crippen LogP contribution is 2.38. The summed E-state index contributed by atoms with van der Waals surface area (Å²) in [6.07, 6.45) is 3.44. The van der Waals surface area contributed by atoms with Crippen LogP contribution in [0.4, 0.5) is 0 Å². The van der Waals surface area contributed by atoms with Crippen molar-refractivity contribution in [3.05, 3.63) is 64.2 Å². The fourth-order valence-electron chi connectivity index (χ4n) is 3.46. The molecule has 0 heterocycles. The monoisotopic (exact) mass is 318 g/mol. The third kappa shape index (κ3) is 3.20. The summed E-state index contributed by atoms with van der Waals surface area (Å²) in [4.78, 5) is 0. The topological polar surface area (TPSA) is 0 Å². The summed E-state index contributed by atoms with van der Waals surface area (Å²) < 4.78 is 0. The molecule has 0 nitrogen and oxygen atoms in total. The van der Waals surface area contributed by atoms with Crippen LogP contribution >= 0.6 is 0 Å². The maximum absolute atomic E-state index is 2.41. The predicted octanol–water partition coefficient (Wildman–Crippen LogP) is 6.91. The highest BCUT2D eigenvalue weighted by Gasteiger charge is 2.22. The highest BCUT2D eigenvalue weighted by molar-refractivity contribution is 5.78. The average Bonchev–Trinajstić information content (AvgIpc) is 2.84. The zero-order valence-corrected chi connectivity index (χ0v) is 16.2. The second-order valence-corrected chi connectivity index (χ2v) is 9.34. The summed E-state index contributed by atoms with van der Waals surface area (Å²) in [5.74, 6) is 0. The van der Waals surface area contributed by atoms with Crippen LogP contribution in [0.5, 0.6) is 0 Å². The zero-order valence-electron chi connectivity index (χ0n) is 16.2. The lowest BCUT2D eigenvalue weighted by molar-refractivity contribution is 0.590. The van der Waals surface area contributed by atoms with Gasteiger partial charge in [0.05, 0.1) is 0 Å². The molecule has 0 heteroatoms. The fourth-order valence-corrected chi connectivity index (χ4v) is 3.46. The number of hydrogen-bond acceptors (Lipinski definition) is 0. The molecule has 3 rings (SSSR count). The van der Waals surface area contributed by atoms with Gasteiger partial charge in [0.1, 0.15) is 0 Å². The van der Waals surface area contributed by atoms with E-state index in [0.717, 1.165) is 6.42 Å². The van der Waals surface area contributed by atoms with Gasteiger partial charge in [-0.15, -0.1) is 0 Å². The first-order valence-electron chi connectivity index (χ1n) is 9.01. The Balaban J connectivity index is 2.13. The molecule has 0 fully saturated rings. The Bertz CT molecular complexity index is 788. The van der Waals surface area contributed by atoms with Crippen molar-refractivity contribution in [3.8, 4) is 11.1 Å². The van der Waals surface area contributed by atoms with Crippen molar-refractivity contribution in [1.29, 1.82) is 0 Å². The highest BCUT2D eigenvalue weighted by atomic mass is 14.3. The van der Waals surface area contributed by atoms with Crippen LogP contribution in [-0.4, -0.2) is 0 Å². The Kier molecular flexibility index (Phi) is 3.98. The molecule has 1 aliphatic rings. The van der Waals surface area contributed by atoms with E-state index in [-0.39, 0.29) is 10.8 Å². The Morgan fingerprint density at radius 3 is 1.88 bits per heavy atom. The summed E-state index contributed by atoms with van der Waals surface area (Å²) in [7, 11) is 0. The fraction of sp³-hybridized carbons (Fsp3) is 0.417. The number of hydrogen-bond donors (Lipinski definition) is 0. The van der Waals surface area contributed by atoms with Crippen molar-refractivity contribution in [1.82, 2.24) is 0 Å². The molecule has 0 aliphatic heterocycles. The maximum Gasteiger partial charge on any atom is -0.00544 e. The van der Waals surface area contributed by atoms with Gasteiger partial charge >= 0.3 is 0 Å². The molecule has 0 saturated carbocycles. The molecule has 24 heavy (non-hydrogen) atoms. The lowest BCUT2D eigenvalue weighted by Gasteiger charge is -2.23. The van der Waals surface area contributed by atoms with E-state index in [4.69, 9.17) is 0 Å². The van der Waals surface area contributed by atoms with Crippen LogP contribution in [0.1, 0.15) is 70.7 Å². The minimum absolute atomic E-state index is 0.166. The van der Waals surface area contributed by atoms with E-state index < -0.39 is 0 Å². The van der Waals surface area contributed by atoms with Crippen LogP contribution < -0.4 is 0 Å². The third-order valence-electron chi connectivity index (χ3n) is 5.07. The van der Waals surface area contributed by atoms with E-state index in [0.29, 0.717) is 0 Å². The minimum atomic E-state index is 0.166. The van der Waals surface area contributed by atoms with E-state index in [1.807, 2.05) is 0 Å². The summed E-state index contributed by atoms with van der Waals surface area (Å²) >= 11 is 0. The number of benzene rings is 2. The molecule has 0 N–H and O–H groups in total. The van der Waals surface area contributed by atoms with Gasteiger partial charge in [-0.25, -0.2) is 0 Å². The van der Waals surface area contributed by atoms with Crippen LogP contribution in [0.3, 0.4) is 0 Å². The van der Waals surface area contributed by atoms with Crippen molar-refractivity contribution >= 4 is 6.08 Å². The van der Waals surface area contributed by atoms with E-state index in [2.05, 4.69) is 90.9 Å². The average molecular weight is 319 g/mol. The second kappa shape index (κ2) is 5.62. The van der Waals surface area contributed by atoms with Gasteiger partial charge in [0.25, 0.3) is 0 Å². The van der Waals surface area contributed by atoms with Gasteiger partial charge in [-0.3, -0.25) is 0 Å². The second-order valence-electron chi connectivity index (χ2n) is 9.34. The van der Waals surface area contributed by atoms with Gasteiger partial charge in [0, 0.05) is 0 Å². The standard InChI is InChI=1S/C24H30/c1-16-12-18-14-20(24(5,6)7)15-22(21(18)13-16)17-8-10-19(11-9-17)23(2,3)4/h8-12,14-15H,13H2,1-7H3. The molecule has 1 aliphatic carbocycles. The van der Waals surface area contributed by atoms with Gasteiger partial charge in [0.15, 0.2) is 0 Å². The normalized spacial score (nSPS) is 14.5. The Hall–Kier alpha value is -1.82. The zero-order chi connectivity index (χ0) is 17.7. The molecule has 0 unspecified atom stereocenters. The van der Waals surface area contributed by atoms with Gasteiger partial charge in [-0.05, 0) is 57.6 Å². The third-order valence-corrected chi connectivity index (χ3v) is 5.07. The lowest BCUT2D eigenvalue weighted by Crippen LogP contribution is -2.12. The molecule has 0 amide bonds. The first-order valence-corrected chi connectivity index (χ1v) is 9.01. The van der Waals surface area contributed by atoms with Gasteiger partial charge in [-0.2, -0.15) is 0 Å². The largest absolute Gasteiger partial charge is 0.0683 e. The van der Waals surface area contributed by atoms with E-state index >= 15 is 0 Å². The molecular weight excluding hydrogens is 288 g/mol. The van der Waals surface area contributed by atoms with Crippen molar-refractivity contribution in [2.45, 2.75) is 65.7 Å². The minimum Gasteiger partial charge on any atom is -0.0683 e. The van der Waals surface area contributed by atoms with Gasteiger partial charge < -0.3 is 0 Å². The van der Waals surface area contributed by atoms with Crippen molar-refractivity contribution in [2.75, 3.05) is 0 Å². The molecule has 2 aromatic rings. The predicted molar refractivity (Wildman–Crippen MR) is 107 cm³/mol. The summed E-state index contributed by atoms with van der Waals surface area (Å²) in [6.45, 7) is 15.9. The van der Waals surface area contributed by atoms with Crippen molar-refractivity contribution in [3.63, 3.8) is 0 Å². The summed E-state index contributed by atoms with van der Waals surface area (Å²) in [6, 6.07) is 14.0. The Morgan fingerprint density at radius 1 is 0.750 bits per heavy atom. The smallest absolute Gasteiger partial charge is 0.00544 e. The van der Waals surface area contributed by atoms with Crippen molar-refractivity contribution in [2.24, 2.45) is 0 Å². The van der Waals surface area contributed by atoms with Crippen LogP contribution in [0.15, 0.2) is 42.0 Å². The summed E-state index contributed by atoms with van der Waals surface area (Å²) in [5.41, 5.74) is 10.3. The lowest BCUT2D eigenvalue weighted by atomic mass is 9.81. The molecule has 0 bridgehead atoms. The van der Waals surface area contributed by atoms with Crippen LogP contribution in [0.2, 0.25) is 0 Å². The molecule has 0 spiro atoms. The van der Waals surface area contributed by atoms with Gasteiger partial charge in [0.2, 0.25) is 0 Å². The van der Waals surface area contributed by atoms with E-state index in [9.17, 15) is 0 Å². The molecule has 0 atom stereocenters. The van der Waals surface area contributed by atoms with E-state index in [1.165, 1.54) is 39.0 Å². The maximum atomic E-state index is 2.41. The molecular formula is C24H30. The number of rotatable bonds is 1. The molecule has 2 aromatic carbocycles. The Morgan fingerprint density at radius 2 is 1.33 bits per heavy atom. The van der Waals surface area contributed by atoms with E-state index in [1.54, 1.807) is 0 Å². The quantitative estimate of drug-likeness (QED) is 0.536. The first-order chi connectivity index (χ1) is 11.1. The molecule has 0 saturated heterocycles. The van der Waals surface area contributed by atoms with Gasteiger partial charge in [-0.1, -0.05) is 89.6 Å². The number of fused-ring (bicyclic) bond motifs is 1. The van der Waals surface area contributed by atoms with Crippen LogP contribution in [-0.2, 0) is 17.3 Å². The molecule has 126 valence electrons. The molecule has 0 radical (unpaired) electrons. The van der Waals surface area contributed by atoms with Crippen molar-refractivity contribution < 1.29 is 0 Å².